The van der Waals surface area contributed by atoms with Gasteiger partial charge in [-0.05, 0) is 66.5 Å². The first kappa shape index (κ1) is 20.4. The molecule has 2 aliphatic rings. The van der Waals surface area contributed by atoms with Crippen molar-refractivity contribution in [2.24, 2.45) is 5.92 Å². The molecule has 0 radical (unpaired) electrons. The van der Waals surface area contributed by atoms with Crippen molar-refractivity contribution in [2.45, 2.75) is 64.6 Å². The molecule has 0 spiro atoms. The van der Waals surface area contributed by atoms with Crippen LogP contribution in [-0.2, 0) is 17.9 Å². The molecule has 1 saturated carbocycles. The minimum Gasteiger partial charge on any atom is -0.353 e. The van der Waals surface area contributed by atoms with Crippen molar-refractivity contribution in [2.75, 3.05) is 5.32 Å². The van der Waals surface area contributed by atoms with Crippen molar-refractivity contribution in [3.8, 4) is 0 Å². The lowest BCUT2D eigenvalue weighted by atomic mass is 9.81. The molecular weight excluding hydrogens is 376 g/mol. The van der Waals surface area contributed by atoms with Gasteiger partial charge in [-0.25, -0.2) is 4.79 Å². The zero-order valence-corrected chi connectivity index (χ0v) is 17.7. The molecule has 2 aromatic rings. The predicted molar refractivity (Wildman–Crippen MR) is 117 cm³/mol. The summed E-state index contributed by atoms with van der Waals surface area (Å²) in [6.45, 7) is 5.09. The number of carbonyl (C=O) groups is 2. The molecule has 1 aliphatic carbocycles. The fourth-order valence-electron chi connectivity index (χ4n) is 4.34. The van der Waals surface area contributed by atoms with Crippen LogP contribution in [0, 0.1) is 5.92 Å². The van der Waals surface area contributed by atoms with Gasteiger partial charge in [-0.2, -0.15) is 0 Å². The predicted octanol–water partition coefficient (Wildman–Crippen LogP) is 4.43. The van der Waals surface area contributed by atoms with E-state index in [2.05, 4.69) is 27.8 Å². The molecule has 1 aromatic heterocycles. The molecule has 158 valence electrons. The maximum atomic E-state index is 12.6. The second-order valence-corrected chi connectivity index (χ2v) is 8.76. The molecule has 2 heterocycles. The van der Waals surface area contributed by atoms with E-state index < -0.39 is 0 Å². The molecule has 4 rings (SSSR count). The summed E-state index contributed by atoms with van der Waals surface area (Å²) in [7, 11) is 0. The van der Waals surface area contributed by atoms with E-state index in [-0.39, 0.29) is 17.9 Å². The highest BCUT2D eigenvalue weighted by molar-refractivity contribution is 5.89. The van der Waals surface area contributed by atoms with Crippen molar-refractivity contribution < 1.29 is 9.59 Å². The van der Waals surface area contributed by atoms with E-state index >= 15 is 0 Å². The van der Waals surface area contributed by atoms with Gasteiger partial charge >= 0.3 is 6.03 Å². The van der Waals surface area contributed by atoms with Crippen LogP contribution in [0.2, 0.25) is 0 Å². The molecule has 0 bridgehead atoms. The average molecular weight is 407 g/mol. The molecule has 3 amide bonds. The number of benzene rings is 1. The maximum absolute atomic E-state index is 12.6. The molecule has 30 heavy (non-hydrogen) atoms. The van der Waals surface area contributed by atoms with Gasteiger partial charge in [-0.3, -0.25) is 9.78 Å². The number of aromatic nitrogens is 1. The summed E-state index contributed by atoms with van der Waals surface area (Å²) in [5, 5.41) is 6.17. The Balaban J connectivity index is 1.28. The number of amides is 3. The summed E-state index contributed by atoms with van der Waals surface area (Å²) in [6, 6.07) is 10.4. The van der Waals surface area contributed by atoms with Gasteiger partial charge in [-0.15, -0.1) is 0 Å². The van der Waals surface area contributed by atoms with E-state index in [0.717, 1.165) is 42.5 Å². The van der Waals surface area contributed by atoms with E-state index in [9.17, 15) is 9.59 Å². The number of anilines is 1. The summed E-state index contributed by atoms with van der Waals surface area (Å²) in [5.41, 5.74) is 4.40. The average Bonchev–Trinajstić information content (AvgIpc) is 3.19. The molecular formula is C24H30N4O2. The van der Waals surface area contributed by atoms with Crippen LogP contribution in [0.15, 0.2) is 42.7 Å². The number of nitrogens with zero attached hydrogens (tertiary/aromatic N) is 2. The van der Waals surface area contributed by atoms with Crippen LogP contribution in [0.4, 0.5) is 10.5 Å². The van der Waals surface area contributed by atoms with Gasteiger partial charge in [0.1, 0.15) is 0 Å². The molecule has 6 heteroatoms. The molecule has 2 N–H and O–H groups in total. The molecule has 1 aliphatic heterocycles. The Labute approximate surface area is 178 Å². The third-order valence-corrected chi connectivity index (χ3v) is 6.25. The fraction of sp³-hybridized carbons (Fsp3) is 0.458. The second kappa shape index (κ2) is 8.86. The molecule has 1 fully saturated rings. The zero-order chi connectivity index (χ0) is 21.1. The Bertz CT molecular complexity index is 877. The van der Waals surface area contributed by atoms with E-state index in [0.29, 0.717) is 25.0 Å². The number of rotatable bonds is 4. The molecule has 0 unspecified atom stereocenters. The van der Waals surface area contributed by atoms with Gasteiger partial charge in [0.2, 0.25) is 5.91 Å². The zero-order valence-electron chi connectivity index (χ0n) is 17.7. The number of fused-ring (bicyclic) bond motifs is 1. The Hall–Kier alpha value is -2.89. The standard InChI is InChI=1S/C24H30N4O2/c1-16(2)23(29)26-21-7-3-17(4-8-21)18-5-9-22(10-6-18)27-24(30)28-14-19-11-12-25-13-20(19)15-28/h5-6,9-13,16-17,21H,3-4,7-8,14-15H2,1-2H3,(H,26,29)(H,27,30)/t17-,21+. The first-order valence-electron chi connectivity index (χ1n) is 10.9. The smallest absolute Gasteiger partial charge is 0.322 e. The minimum atomic E-state index is -0.0830. The summed E-state index contributed by atoms with van der Waals surface area (Å²) in [6.07, 6.45) is 7.80. The summed E-state index contributed by atoms with van der Waals surface area (Å²) < 4.78 is 0. The van der Waals surface area contributed by atoms with Crippen LogP contribution < -0.4 is 10.6 Å². The lowest BCUT2D eigenvalue weighted by molar-refractivity contribution is -0.124. The summed E-state index contributed by atoms with van der Waals surface area (Å²) >= 11 is 0. The van der Waals surface area contributed by atoms with Crippen LogP contribution in [0.1, 0.15) is 62.1 Å². The highest BCUT2D eigenvalue weighted by atomic mass is 16.2. The monoisotopic (exact) mass is 406 g/mol. The molecule has 0 atom stereocenters. The number of pyridine rings is 1. The van der Waals surface area contributed by atoms with Crippen molar-refractivity contribution in [3.05, 3.63) is 59.4 Å². The Kier molecular flexibility index (Phi) is 6.02. The fourth-order valence-corrected chi connectivity index (χ4v) is 4.34. The number of carbonyl (C=O) groups excluding carboxylic acids is 2. The van der Waals surface area contributed by atoms with Crippen LogP contribution in [0.25, 0.3) is 0 Å². The summed E-state index contributed by atoms with van der Waals surface area (Å²) in [4.78, 5) is 30.4. The van der Waals surface area contributed by atoms with Gasteiger partial charge in [0.25, 0.3) is 0 Å². The second-order valence-electron chi connectivity index (χ2n) is 8.76. The van der Waals surface area contributed by atoms with E-state index in [1.165, 1.54) is 5.56 Å². The van der Waals surface area contributed by atoms with Gasteiger partial charge in [-0.1, -0.05) is 26.0 Å². The third kappa shape index (κ3) is 4.64. The minimum absolute atomic E-state index is 0.0388. The van der Waals surface area contributed by atoms with E-state index in [1.54, 1.807) is 11.1 Å². The van der Waals surface area contributed by atoms with Crippen LogP contribution in [-0.4, -0.2) is 27.9 Å². The highest BCUT2D eigenvalue weighted by Gasteiger charge is 2.25. The van der Waals surface area contributed by atoms with Crippen LogP contribution in [0.5, 0.6) is 0 Å². The number of nitrogens with one attached hydrogen (secondary N) is 2. The third-order valence-electron chi connectivity index (χ3n) is 6.25. The quantitative estimate of drug-likeness (QED) is 0.789. The van der Waals surface area contributed by atoms with Gasteiger partial charge in [0.15, 0.2) is 0 Å². The van der Waals surface area contributed by atoms with E-state index in [1.807, 2.05) is 38.2 Å². The lowest BCUT2D eigenvalue weighted by Crippen LogP contribution is -2.39. The number of urea groups is 1. The van der Waals surface area contributed by atoms with Crippen LogP contribution >= 0.6 is 0 Å². The molecule has 6 nitrogen and oxygen atoms in total. The van der Waals surface area contributed by atoms with Gasteiger partial charge in [0, 0.05) is 43.1 Å². The van der Waals surface area contributed by atoms with Crippen LogP contribution in [0.3, 0.4) is 0 Å². The number of hydrogen-bond acceptors (Lipinski definition) is 3. The molecule has 1 aromatic carbocycles. The van der Waals surface area contributed by atoms with Crippen molar-refractivity contribution in [1.29, 1.82) is 0 Å². The summed E-state index contributed by atoms with van der Waals surface area (Å²) in [5.74, 6) is 0.704. The van der Waals surface area contributed by atoms with E-state index in [4.69, 9.17) is 0 Å². The Morgan fingerprint density at radius 2 is 1.70 bits per heavy atom. The van der Waals surface area contributed by atoms with Crippen molar-refractivity contribution in [3.63, 3.8) is 0 Å². The SMILES string of the molecule is CC(C)C(=O)N[C@H]1CC[C@@H](c2ccc(NC(=O)N3Cc4ccncc4C3)cc2)CC1. The lowest BCUT2D eigenvalue weighted by Gasteiger charge is -2.30. The number of hydrogen-bond donors (Lipinski definition) is 2. The van der Waals surface area contributed by atoms with Gasteiger partial charge in [0.05, 0.1) is 0 Å². The first-order valence-corrected chi connectivity index (χ1v) is 10.9. The Morgan fingerprint density at radius 1 is 1.00 bits per heavy atom. The first-order chi connectivity index (χ1) is 14.5. The van der Waals surface area contributed by atoms with Crippen molar-refractivity contribution in [1.82, 2.24) is 15.2 Å². The van der Waals surface area contributed by atoms with Crippen molar-refractivity contribution >= 4 is 17.6 Å². The Morgan fingerprint density at radius 3 is 2.37 bits per heavy atom. The largest absolute Gasteiger partial charge is 0.353 e. The highest BCUT2D eigenvalue weighted by Crippen LogP contribution is 2.33. The topological polar surface area (TPSA) is 74.3 Å². The van der Waals surface area contributed by atoms with Gasteiger partial charge < -0.3 is 15.5 Å². The maximum Gasteiger partial charge on any atom is 0.322 e. The molecule has 0 saturated heterocycles. The normalized spacial score (nSPS) is 20.7.